The predicted octanol–water partition coefficient (Wildman–Crippen LogP) is 2.83. The van der Waals surface area contributed by atoms with E-state index in [0.717, 1.165) is 5.56 Å². The smallest absolute Gasteiger partial charge is 0.340 e. The number of pyridine rings is 2. The van der Waals surface area contributed by atoms with E-state index in [9.17, 15) is 9.59 Å². The first-order chi connectivity index (χ1) is 14.0. The monoisotopic (exact) mass is 389 g/mol. The molecule has 0 amide bonds. The summed E-state index contributed by atoms with van der Waals surface area (Å²) in [6.07, 6.45) is 2.25. The zero-order valence-electron chi connectivity index (χ0n) is 16.3. The SMILES string of the molecule is CCc1nc(-n2ccc3nc(C)c(C(=O)OC)c(-c4ccccc4)c3c2=O)n[nH]1. The summed E-state index contributed by atoms with van der Waals surface area (Å²) in [6, 6.07) is 11.0. The third-order valence-electron chi connectivity index (χ3n) is 4.74. The van der Waals surface area contributed by atoms with Crippen LogP contribution in [0.25, 0.3) is 28.0 Å². The molecule has 4 rings (SSSR count). The lowest BCUT2D eigenvalue weighted by Crippen LogP contribution is -2.21. The van der Waals surface area contributed by atoms with Crippen LogP contribution in [-0.2, 0) is 11.2 Å². The number of carbonyl (C=O) groups excluding carboxylic acids is 1. The Kier molecular flexibility index (Phi) is 4.67. The molecule has 0 spiro atoms. The largest absolute Gasteiger partial charge is 0.465 e. The van der Waals surface area contributed by atoms with Gasteiger partial charge < -0.3 is 4.74 Å². The summed E-state index contributed by atoms with van der Waals surface area (Å²) in [5.41, 5.74) is 2.10. The lowest BCUT2D eigenvalue weighted by molar-refractivity contribution is 0.0600. The molecule has 1 aromatic carbocycles. The minimum absolute atomic E-state index is 0.243. The zero-order valence-corrected chi connectivity index (χ0v) is 16.3. The number of H-pyrrole nitrogens is 1. The number of rotatable bonds is 4. The summed E-state index contributed by atoms with van der Waals surface area (Å²) in [5.74, 6) is 0.372. The fourth-order valence-corrected chi connectivity index (χ4v) is 3.35. The average Bonchev–Trinajstić information content (AvgIpc) is 3.22. The molecule has 0 unspecified atom stereocenters. The molecule has 0 aliphatic heterocycles. The van der Waals surface area contributed by atoms with Crippen LogP contribution in [0, 0.1) is 6.92 Å². The minimum Gasteiger partial charge on any atom is -0.465 e. The van der Waals surface area contributed by atoms with Crippen molar-refractivity contribution in [1.82, 2.24) is 24.7 Å². The van der Waals surface area contributed by atoms with Gasteiger partial charge in [0.2, 0.25) is 0 Å². The number of esters is 1. The van der Waals surface area contributed by atoms with Crippen LogP contribution in [0.4, 0.5) is 0 Å². The molecule has 0 atom stereocenters. The van der Waals surface area contributed by atoms with Crippen LogP contribution in [0.2, 0.25) is 0 Å². The second-order valence-electron chi connectivity index (χ2n) is 6.49. The molecule has 4 aromatic rings. The fourth-order valence-electron chi connectivity index (χ4n) is 3.35. The number of aryl methyl sites for hydroxylation is 2. The average molecular weight is 389 g/mol. The van der Waals surface area contributed by atoms with Gasteiger partial charge in [0.15, 0.2) is 0 Å². The lowest BCUT2D eigenvalue weighted by Gasteiger charge is -2.14. The summed E-state index contributed by atoms with van der Waals surface area (Å²) in [4.78, 5) is 34.9. The van der Waals surface area contributed by atoms with Gasteiger partial charge in [0, 0.05) is 18.2 Å². The Morgan fingerprint density at radius 3 is 2.59 bits per heavy atom. The lowest BCUT2D eigenvalue weighted by atomic mass is 9.95. The van der Waals surface area contributed by atoms with Crippen LogP contribution in [0.1, 0.15) is 28.8 Å². The molecule has 0 radical (unpaired) electrons. The maximum atomic E-state index is 13.5. The van der Waals surface area contributed by atoms with E-state index in [2.05, 4.69) is 20.2 Å². The van der Waals surface area contributed by atoms with Gasteiger partial charge in [-0.05, 0) is 18.6 Å². The molecule has 0 bridgehead atoms. The Hall–Kier alpha value is -3.81. The zero-order chi connectivity index (χ0) is 20.5. The molecule has 3 aromatic heterocycles. The molecule has 0 fully saturated rings. The summed E-state index contributed by atoms with van der Waals surface area (Å²) in [6.45, 7) is 3.67. The molecule has 146 valence electrons. The molecular weight excluding hydrogens is 370 g/mol. The number of nitrogens with zero attached hydrogens (tertiary/aromatic N) is 4. The first-order valence-electron chi connectivity index (χ1n) is 9.16. The molecule has 3 heterocycles. The number of methoxy groups -OCH3 is 1. The van der Waals surface area contributed by atoms with Gasteiger partial charge >= 0.3 is 5.97 Å². The summed E-state index contributed by atoms with van der Waals surface area (Å²) >= 11 is 0. The highest BCUT2D eigenvalue weighted by atomic mass is 16.5. The number of hydrogen-bond donors (Lipinski definition) is 1. The number of nitrogens with one attached hydrogen (secondary N) is 1. The number of fused-ring (bicyclic) bond motifs is 1. The highest BCUT2D eigenvalue weighted by Gasteiger charge is 2.24. The summed E-state index contributed by atoms with van der Waals surface area (Å²) in [5, 5.41) is 7.26. The van der Waals surface area contributed by atoms with E-state index < -0.39 is 5.97 Å². The second-order valence-corrected chi connectivity index (χ2v) is 6.49. The highest BCUT2D eigenvalue weighted by molar-refractivity contribution is 6.07. The van der Waals surface area contributed by atoms with Crippen molar-refractivity contribution >= 4 is 16.9 Å². The number of aromatic nitrogens is 5. The topological polar surface area (TPSA) is 103 Å². The van der Waals surface area contributed by atoms with Gasteiger partial charge in [-0.15, -0.1) is 5.10 Å². The van der Waals surface area contributed by atoms with E-state index in [4.69, 9.17) is 4.74 Å². The van der Waals surface area contributed by atoms with Gasteiger partial charge in [0.25, 0.3) is 11.5 Å². The predicted molar refractivity (Wildman–Crippen MR) is 108 cm³/mol. The van der Waals surface area contributed by atoms with Crippen molar-refractivity contribution in [2.45, 2.75) is 20.3 Å². The van der Waals surface area contributed by atoms with Crippen LogP contribution in [0.3, 0.4) is 0 Å². The van der Waals surface area contributed by atoms with Crippen LogP contribution >= 0.6 is 0 Å². The van der Waals surface area contributed by atoms with E-state index in [1.54, 1.807) is 19.2 Å². The molecule has 0 saturated carbocycles. The summed E-state index contributed by atoms with van der Waals surface area (Å²) in [7, 11) is 1.31. The molecule has 8 heteroatoms. The van der Waals surface area contributed by atoms with Crippen molar-refractivity contribution in [1.29, 1.82) is 0 Å². The van der Waals surface area contributed by atoms with Gasteiger partial charge in [0.1, 0.15) is 5.82 Å². The number of benzene rings is 1. The van der Waals surface area contributed by atoms with E-state index in [0.29, 0.717) is 34.4 Å². The highest BCUT2D eigenvalue weighted by Crippen LogP contribution is 2.31. The Bertz CT molecular complexity index is 1270. The Morgan fingerprint density at radius 2 is 1.93 bits per heavy atom. The molecule has 29 heavy (non-hydrogen) atoms. The van der Waals surface area contributed by atoms with Crippen LogP contribution in [0.5, 0.6) is 0 Å². The molecule has 0 aliphatic carbocycles. The Labute approximate surface area is 166 Å². The van der Waals surface area contributed by atoms with Gasteiger partial charge in [0.05, 0.1) is 29.3 Å². The van der Waals surface area contributed by atoms with E-state index in [1.807, 2.05) is 37.3 Å². The second kappa shape index (κ2) is 7.31. The number of ether oxygens (including phenoxy) is 1. The van der Waals surface area contributed by atoms with Crippen molar-refractivity contribution in [2.75, 3.05) is 7.11 Å². The van der Waals surface area contributed by atoms with Crippen LogP contribution in [0.15, 0.2) is 47.4 Å². The van der Waals surface area contributed by atoms with Crippen molar-refractivity contribution < 1.29 is 9.53 Å². The van der Waals surface area contributed by atoms with E-state index in [-0.39, 0.29) is 17.1 Å². The maximum absolute atomic E-state index is 13.5. The molecule has 0 saturated heterocycles. The van der Waals surface area contributed by atoms with Crippen molar-refractivity contribution in [2.24, 2.45) is 0 Å². The summed E-state index contributed by atoms with van der Waals surface area (Å²) < 4.78 is 6.33. The number of aromatic amines is 1. The maximum Gasteiger partial charge on any atom is 0.340 e. The number of hydrogen-bond acceptors (Lipinski definition) is 6. The fraction of sp³-hybridized carbons (Fsp3) is 0.190. The van der Waals surface area contributed by atoms with E-state index >= 15 is 0 Å². The Balaban J connectivity index is 2.12. The first kappa shape index (κ1) is 18.5. The normalized spacial score (nSPS) is 11.0. The molecule has 0 aliphatic rings. The minimum atomic E-state index is -0.545. The molecular formula is C21H19N5O3. The molecule has 1 N–H and O–H groups in total. The van der Waals surface area contributed by atoms with Crippen molar-refractivity contribution in [3.05, 3.63) is 70.0 Å². The molecule has 8 nitrogen and oxygen atoms in total. The van der Waals surface area contributed by atoms with Gasteiger partial charge in [-0.2, -0.15) is 4.98 Å². The quantitative estimate of drug-likeness (QED) is 0.539. The third kappa shape index (κ3) is 3.08. The Morgan fingerprint density at radius 1 is 1.17 bits per heavy atom. The van der Waals surface area contributed by atoms with E-state index in [1.165, 1.54) is 11.7 Å². The van der Waals surface area contributed by atoms with Gasteiger partial charge in [-0.3, -0.25) is 14.9 Å². The first-order valence-corrected chi connectivity index (χ1v) is 9.16. The van der Waals surface area contributed by atoms with Crippen LogP contribution in [-0.4, -0.2) is 37.8 Å². The number of carbonyl (C=O) groups is 1. The van der Waals surface area contributed by atoms with Crippen molar-refractivity contribution in [3.63, 3.8) is 0 Å². The van der Waals surface area contributed by atoms with Crippen LogP contribution < -0.4 is 5.56 Å². The van der Waals surface area contributed by atoms with Gasteiger partial charge in [-0.25, -0.2) is 9.36 Å². The van der Waals surface area contributed by atoms with Crippen molar-refractivity contribution in [3.8, 4) is 17.1 Å². The third-order valence-corrected chi connectivity index (χ3v) is 4.74. The standard InChI is InChI=1S/C21H19N5O3/c1-4-15-23-21(25-24-15)26-11-10-14-18(19(26)27)17(13-8-6-5-7-9-13)16(12(2)22-14)20(28)29-3/h5-11H,4H2,1-3H3,(H,23,24,25). The van der Waals surface area contributed by atoms with Gasteiger partial charge in [-0.1, -0.05) is 37.3 Å².